The van der Waals surface area contributed by atoms with Crippen LogP contribution in [0.1, 0.15) is 13.3 Å². The molecule has 0 radical (unpaired) electrons. The van der Waals surface area contributed by atoms with Gasteiger partial charge >= 0.3 is 0 Å². The molecule has 0 spiro atoms. The minimum atomic E-state index is -0.309. The molecule has 2 heterocycles. The number of hydrogen-bond acceptors (Lipinski definition) is 6. The quantitative estimate of drug-likeness (QED) is 0.596. The summed E-state index contributed by atoms with van der Waals surface area (Å²) in [6, 6.07) is 14.8. The molecule has 1 aliphatic heterocycles. The largest absolute Gasteiger partial charge is 0.336 e. The van der Waals surface area contributed by atoms with Crippen molar-refractivity contribution < 1.29 is 14.4 Å². The molecule has 9 heteroatoms. The number of thiazole rings is 1. The fourth-order valence-corrected chi connectivity index (χ4v) is 5.49. The van der Waals surface area contributed by atoms with Crippen LogP contribution in [0.15, 0.2) is 52.9 Å². The van der Waals surface area contributed by atoms with Crippen LogP contribution in [-0.2, 0) is 14.4 Å². The Morgan fingerprint density at radius 1 is 1.23 bits per heavy atom. The third-order valence-electron chi connectivity index (χ3n) is 5.02. The maximum absolute atomic E-state index is 13.1. The number of aromatic nitrogens is 1. The summed E-state index contributed by atoms with van der Waals surface area (Å²) >= 11 is 2.92. The van der Waals surface area contributed by atoms with Crippen LogP contribution >= 0.6 is 23.1 Å². The third kappa shape index (κ3) is 4.72. The van der Waals surface area contributed by atoms with Crippen LogP contribution in [0.4, 0.5) is 11.4 Å². The Hall–Kier alpha value is -2.91. The number of carbonyl (C=O) groups is 3. The highest BCUT2D eigenvalue weighted by molar-refractivity contribution is 8.01. The van der Waals surface area contributed by atoms with E-state index in [0.717, 1.165) is 14.6 Å². The predicted octanol–water partition coefficient (Wildman–Crippen LogP) is 3.61. The number of thioether (sulfide) groups is 1. The number of nitrogens with zero attached hydrogens (tertiary/aromatic N) is 3. The first kappa shape index (κ1) is 21.3. The van der Waals surface area contributed by atoms with E-state index in [1.165, 1.54) is 16.7 Å². The molecule has 3 aromatic rings. The van der Waals surface area contributed by atoms with Crippen molar-refractivity contribution in [3.05, 3.63) is 48.5 Å². The zero-order valence-electron chi connectivity index (χ0n) is 17.2. The van der Waals surface area contributed by atoms with Gasteiger partial charge in [0.15, 0.2) is 4.34 Å². The Balaban J connectivity index is 1.41. The monoisotopic (exact) mass is 454 g/mol. The van der Waals surface area contributed by atoms with E-state index < -0.39 is 0 Å². The van der Waals surface area contributed by atoms with Gasteiger partial charge < -0.3 is 15.1 Å². The minimum Gasteiger partial charge on any atom is -0.336 e. The Kier molecular flexibility index (Phi) is 6.24. The molecule has 0 fully saturated rings. The lowest BCUT2D eigenvalue weighted by molar-refractivity contribution is -0.132. The van der Waals surface area contributed by atoms with Gasteiger partial charge in [0.25, 0.3) is 0 Å². The van der Waals surface area contributed by atoms with Crippen LogP contribution in [0, 0.1) is 0 Å². The molecule has 0 saturated heterocycles. The first-order valence-corrected chi connectivity index (χ1v) is 11.7. The summed E-state index contributed by atoms with van der Waals surface area (Å²) in [6.07, 6.45) is 0.200. The van der Waals surface area contributed by atoms with Crippen molar-refractivity contribution in [2.24, 2.45) is 0 Å². The van der Waals surface area contributed by atoms with Crippen LogP contribution in [0.2, 0.25) is 0 Å². The maximum Gasteiger partial charge on any atom is 0.246 e. The van der Waals surface area contributed by atoms with Crippen molar-refractivity contribution in [2.45, 2.75) is 23.7 Å². The normalized spacial score (nSPS) is 15.9. The van der Waals surface area contributed by atoms with E-state index in [1.807, 2.05) is 43.3 Å². The van der Waals surface area contributed by atoms with Gasteiger partial charge in [-0.1, -0.05) is 36.0 Å². The molecule has 2 aromatic carbocycles. The summed E-state index contributed by atoms with van der Waals surface area (Å²) in [5.74, 6) is -0.303. The molecule has 3 amide bonds. The molecule has 0 bridgehead atoms. The van der Waals surface area contributed by atoms with Gasteiger partial charge in [-0.25, -0.2) is 4.98 Å². The number of nitrogens with one attached hydrogen (secondary N) is 1. The highest BCUT2D eigenvalue weighted by Crippen LogP contribution is 2.32. The molecule has 1 aromatic heterocycles. The molecule has 160 valence electrons. The second kappa shape index (κ2) is 9.07. The first-order chi connectivity index (χ1) is 14.9. The number of rotatable bonds is 5. The highest BCUT2D eigenvalue weighted by atomic mass is 32.2. The molecule has 1 atom stereocenters. The molecule has 1 N–H and O–H groups in total. The lowest BCUT2D eigenvalue weighted by atomic mass is 10.1. The summed E-state index contributed by atoms with van der Waals surface area (Å²) in [4.78, 5) is 45.4. The summed E-state index contributed by atoms with van der Waals surface area (Å²) in [5.41, 5.74) is 2.17. The number of carbonyl (C=O) groups excluding carboxylic acids is 3. The van der Waals surface area contributed by atoms with Crippen molar-refractivity contribution in [3.8, 4) is 0 Å². The van der Waals surface area contributed by atoms with Gasteiger partial charge in [0.1, 0.15) is 0 Å². The fourth-order valence-electron chi connectivity index (χ4n) is 3.48. The topological polar surface area (TPSA) is 82.6 Å². The van der Waals surface area contributed by atoms with Gasteiger partial charge in [0, 0.05) is 19.5 Å². The van der Waals surface area contributed by atoms with E-state index in [1.54, 1.807) is 35.4 Å². The zero-order chi connectivity index (χ0) is 22.0. The maximum atomic E-state index is 13.1. The molecular formula is C22H22N4O3S2. The van der Waals surface area contributed by atoms with Crippen LogP contribution in [0.3, 0.4) is 0 Å². The number of fused-ring (bicyclic) bond motifs is 2. The Morgan fingerprint density at radius 2 is 1.97 bits per heavy atom. The van der Waals surface area contributed by atoms with Crippen molar-refractivity contribution in [1.82, 2.24) is 9.88 Å². The lowest BCUT2D eigenvalue weighted by Crippen LogP contribution is -2.45. The van der Waals surface area contributed by atoms with Gasteiger partial charge in [-0.2, -0.15) is 0 Å². The number of likely N-dealkylation sites (N-methyl/N-ethyl adjacent to an activating group) is 1. The summed E-state index contributed by atoms with van der Waals surface area (Å²) in [7, 11) is 1.62. The molecule has 4 rings (SSSR count). The van der Waals surface area contributed by atoms with Crippen molar-refractivity contribution in [3.63, 3.8) is 0 Å². The van der Waals surface area contributed by atoms with Gasteiger partial charge in [-0.3, -0.25) is 14.4 Å². The average Bonchev–Trinajstić information content (AvgIpc) is 3.10. The molecule has 1 unspecified atom stereocenters. The summed E-state index contributed by atoms with van der Waals surface area (Å²) in [6.45, 7) is 1.77. The van der Waals surface area contributed by atoms with Crippen LogP contribution < -0.4 is 10.2 Å². The Labute approximate surface area is 188 Å². The smallest absolute Gasteiger partial charge is 0.246 e. The summed E-state index contributed by atoms with van der Waals surface area (Å²) < 4.78 is 1.91. The molecule has 1 aliphatic rings. The number of benzene rings is 2. The zero-order valence-corrected chi connectivity index (χ0v) is 18.8. The first-order valence-electron chi connectivity index (χ1n) is 9.85. The van der Waals surface area contributed by atoms with Gasteiger partial charge in [0.05, 0.1) is 33.9 Å². The van der Waals surface area contributed by atoms with E-state index in [9.17, 15) is 14.4 Å². The second-order valence-corrected chi connectivity index (χ2v) is 9.62. The number of anilines is 2. The van der Waals surface area contributed by atoms with Crippen molar-refractivity contribution in [1.29, 1.82) is 0 Å². The van der Waals surface area contributed by atoms with Gasteiger partial charge in [-0.05, 0) is 31.2 Å². The summed E-state index contributed by atoms with van der Waals surface area (Å²) in [5, 5.41) is 2.84. The van der Waals surface area contributed by atoms with E-state index in [4.69, 9.17) is 0 Å². The third-order valence-corrected chi connectivity index (χ3v) is 7.18. The number of hydrogen-bond donors (Lipinski definition) is 1. The van der Waals surface area contributed by atoms with Crippen molar-refractivity contribution in [2.75, 3.05) is 29.6 Å². The van der Waals surface area contributed by atoms with E-state index in [-0.39, 0.29) is 42.5 Å². The van der Waals surface area contributed by atoms with Crippen molar-refractivity contribution >= 4 is 62.4 Å². The van der Waals surface area contributed by atoms with Gasteiger partial charge in [0.2, 0.25) is 17.7 Å². The molecular weight excluding hydrogens is 432 g/mol. The Bertz CT molecular complexity index is 1110. The molecule has 0 aliphatic carbocycles. The average molecular weight is 455 g/mol. The van der Waals surface area contributed by atoms with E-state index >= 15 is 0 Å². The van der Waals surface area contributed by atoms with Crippen LogP contribution in [0.25, 0.3) is 10.2 Å². The lowest BCUT2D eigenvalue weighted by Gasteiger charge is -2.29. The van der Waals surface area contributed by atoms with E-state index in [2.05, 4.69) is 10.3 Å². The van der Waals surface area contributed by atoms with E-state index in [0.29, 0.717) is 11.4 Å². The minimum absolute atomic E-state index is 0.0634. The number of amides is 3. The van der Waals surface area contributed by atoms with Crippen LogP contribution in [0.5, 0.6) is 0 Å². The second-order valence-electron chi connectivity index (χ2n) is 7.37. The standard InChI is InChI=1S/C22H22N4O3S2/c1-14-11-19(27)23-15-7-3-5-9-17(15)26(14)20(28)12-25(2)21(29)13-30-22-24-16-8-4-6-10-18(16)31-22/h3-10,14H,11-13H2,1-2H3,(H,23,27). The molecule has 0 saturated carbocycles. The molecule has 7 nitrogen and oxygen atoms in total. The fraction of sp³-hybridized carbons (Fsp3) is 0.273. The SMILES string of the molecule is CC1CC(=O)Nc2ccccc2N1C(=O)CN(C)C(=O)CSc1nc2ccccc2s1. The predicted molar refractivity (Wildman–Crippen MR) is 125 cm³/mol. The Morgan fingerprint density at radius 3 is 2.77 bits per heavy atom. The highest BCUT2D eigenvalue weighted by Gasteiger charge is 2.30. The van der Waals surface area contributed by atoms with Crippen LogP contribution in [-0.4, -0.2) is 53.0 Å². The van der Waals surface area contributed by atoms with Gasteiger partial charge in [-0.15, -0.1) is 11.3 Å². The molecule has 31 heavy (non-hydrogen) atoms. The number of para-hydroxylation sites is 3.